The van der Waals surface area contributed by atoms with E-state index in [9.17, 15) is 74.8 Å². The Hall–Kier alpha value is -5.09. The highest BCUT2D eigenvalue weighted by molar-refractivity contribution is 7.87. The van der Waals surface area contributed by atoms with Crippen molar-refractivity contribution in [3.8, 4) is 0 Å². The molecular weight excluding hydrogens is 1160 g/mol. The largest absolute Gasteiger partial charge is 0.748 e. The van der Waals surface area contributed by atoms with Crippen LogP contribution in [0.15, 0.2) is 104 Å². The van der Waals surface area contributed by atoms with Crippen LogP contribution in [0.1, 0.15) is 69.9 Å². The minimum atomic E-state index is -5.41. The molecule has 2 aliphatic heterocycles. The summed E-state index contributed by atoms with van der Waals surface area (Å²) in [6, 6.07) is 8.65. The highest BCUT2D eigenvalue weighted by Crippen LogP contribution is 2.54. The average Bonchev–Trinajstić information content (AvgIpc) is 3.09. The van der Waals surface area contributed by atoms with E-state index in [4.69, 9.17) is 23.7 Å². The van der Waals surface area contributed by atoms with Crippen LogP contribution < -0.4 is 4.90 Å². The van der Waals surface area contributed by atoms with Gasteiger partial charge in [0.25, 0.3) is 0 Å². The normalized spacial score (nSPS) is 18.6. The molecule has 0 fully saturated rings. The maximum atomic E-state index is 12.8. The Morgan fingerprint density at radius 2 is 1.14 bits per heavy atom. The predicted molar refractivity (Wildman–Crippen MR) is 289 cm³/mol. The number of anilines is 1. The van der Waals surface area contributed by atoms with Crippen molar-refractivity contribution >= 4 is 95.2 Å². The summed E-state index contributed by atoms with van der Waals surface area (Å²) in [4.78, 5) is 9.41. The van der Waals surface area contributed by atoms with E-state index in [-0.39, 0.29) is 98.9 Å². The van der Waals surface area contributed by atoms with Crippen LogP contribution in [0.2, 0.25) is 0 Å². The molecule has 4 aromatic rings. The van der Waals surface area contributed by atoms with E-state index in [0.29, 0.717) is 79.6 Å². The number of unbranched alkanes of at least 4 members (excludes halogenated alkanes) is 2. The number of hydrogen-bond acceptors (Lipinski definition) is 22. The smallest absolute Gasteiger partial charge is 0.303 e. The summed E-state index contributed by atoms with van der Waals surface area (Å²) < 4.78 is 217. The molecule has 2 unspecified atom stereocenters. The number of allylic oxidation sites excluding steroid dienone is 6. The Morgan fingerprint density at radius 1 is 0.593 bits per heavy atom. The lowest BCUT2D eigenvalue weighted by Crippen LogP contribution is -2.32. The Labute approximate surface area is 471 Å². The highest BCUT2D eigenvalue weighted by Gasteiger charge is 2.49. The molecule has 0 spiro atoms. The Bertz CT molecular complexity index is 3730. The number of aliphatic carboxylic acids is 1. The lowest BCUT2D eigenvalue weighted by Gasteiger charge is -2.31. The first-order valence-electron chi connectivity index (χ1n) is 25.3. The lowest BCUT2D eigenvalue weighted by atomic mass is 9.74. The van der Waals surface area contributed by atoms with Gasteiger partial charge >= 0.3 is 5.97 Å². The molecule has 2 atom stereocenters. The molecular formula is C52H62N2O22S5-4. The Balaban J connectivity index is 1.51. The van der Waals surface area contributed by atoms with Gasteiger partial charge in [0.05, 0.1) is 74.8 Å². The number of methoxy groups -OCH3 is 2. The zero-order valence-electron chi connectivity index (χ0n) is 44.7. The standard InChI is InChI=1S/C52H66N2O22S5/c1-51(19-11-31-77(57,58)59)46(54(22-24-72-3)43-18-16-38-40(49(43)51)32-36(78(60,61)62)34-44(38)80(66,67)68)12-7-5-8-13-47-52(2,20-23-74-27-28-76-30-29-75-26-25-73-4)50-41-33-37(79(63,64)65)35-45(81(69,70)71)39(41)15-17-42(50)53(47)21-10-6-9-14-48(55)56/h5,7-8,12-13,15-18,32-35H,6,9-11,14,19-31H2,1-4H3,(H5-,55,56,57,58,59,60,61,62,63,64,65,66,67,68,69,70,71)/p-4. The van der Waals surface area contributed by atoms with Gasteiger partial charge in [-0.05, 0) is 110 Å². The number of fused-ring (bicyclic) bond motifs is 6. The number of ether oxygens (including phenoxy) is 5. The van der Waals surface area contributed by atoms with Gasteiger partial charge in [0, 0.05) is 79.4 Å². The van der Waals surface area contributed by atoms with E-state index < -0.39 is 92.7 Å². The Morgan fingerprint density at radius 3 is 1.67 bits per heavy atom. The van der Waals surface area contributed by atoms with E-state index in [1.54, 1.807) is 62.0 Å². The van der Waals surface area contributed by atoms with Crippen molar-refractivity contribution in [2.75, 3.05) is 90.8 Å². The van der Waals surface area contributed by atoms with Gasteiger partial charge in [-0.2, -0.15) is 4.58 Å². The summed E-state index contributed by atoms with van der Waals surface area (Å²) in [6.45, 7) is 5.51. The minimum absolute atomic E-state index is 0.0220. The van der Waals surface area contributed by atoms with Gasteiger partial charge in [-0.1, -0.05) is 30.7 Å². The van der Waals surface area contributed by atoms with Crippen LogP contribution >= 0.6 is 0 Å². The third-order valence-electron chi connectivity index (χ3n) is 14.1. The molecule has 0 saturated heterocycles. The number of benzene rings is 4. The lowest BCUT2D eigenvalue weighted by molar-refractivity contribution is -0.441. The number of carboxylic acid groups (broad SMARTS) is 1. The molecule has 2 heterocycles. The quantitative estimate of drug-likeness (QED) is 0.0305. The minimum Gasteiger partial charge on any atom is -0.748 e. The summed E-state index contributed by atoms with van der Waals surface area (Å²) in [5.74, 6) is -1.82. The van der Waals surface area contributed by atoms with E-state index in [1.807, 2.05) is 4.90 Å². The molecule has 29 heteroatoms. The first kappa shape index (κ1) is 65.1. The van der Waals surface area contributed by atoms with E-state index in [1.165, 1.54) is 25.3 Å². The summed E-state index contributed by atoms with van der Waals surface area (Å²) in [7, 11) is -23.4. The second-order valence-corrected chi connectivity index (χ2v) is 26.5. The molecule has 0 amide bonds. The maximum absolute atomic E-state index is 12.8. The zero-order valence-corrected chi connectivity index (χ0v) is 48.8. The van der Waals surface area contributed by atoms with Gasteiger partial charge in [-0.15, -0.1) is 0 Å². The van der Waals surface area contributed by atoms with Crippen molar-refractivity contribution in [1.29, 1.82) is 0 Å². The second-order valence-electron chi connectivity index (χ2n) is 19.6. The summed E-state index contributed by atoms with van der Waals surface area (Å²) in [6.07, 6.45) is 9.01. The monoisotopic (exact) mass is 1230 g/mol. The fourth-order valence-corrected chi connectivity index (χ4v) is 13.6. The van der Waals surface area contributed by atoms with Crippen LogP contribution in [0.3, 0.4) is 0 Å². The molecule has 0 saturated carbocycles. The van der Waals surface area contributed by atoms with Gasteiger partial charge in [0.1, 0.15) is 47.1 Å². The first-order valence-corrected chi connectivity index (χ1v) is 32.5. The van der Waals surface area contributed by atoms with Crippen LogP contribution in [0, 0.1) is 0 Å². The van der Waals surface area contributed by atoms with Crippen molar-refractivity contribution in [2.45, 2.75) is 89.2 Å². The zero-order chi connectivity index (χ0) is 59.8. The molecule has 0 aliphatic carbocycles. The fourth-order valence-electron chi connectivity index (χ4n) is 10.5. The van der Waals surface area contributed by atoms with Gasteiger partial charge in [-0.25, -0.2) is 42.1 Å². The third-order valence-corrected chi connectivity index (χ3v) is 18.3. The summed E-state index contributed by atoms with van der Waals surface area (Å²) >= 11 is 0. The molecule has 24 nitrogen and oxygen atoms in total. The van der Waals surface area contributed by atoms with Gasteiger partial charge in [0.15, 0.2) is 12.3 Å². The Kier molecular flexibility index (Phi) is 21.4. The molecule has 0 bridgehead atoms. The number of carboxylic acids is 1. The van der Waals surface area contributed by atoms with Crippen molar-refractivity contribution in [1.82, 2.24) is 0 Å². The molecule has 4 aromatic carbocycles. The van der Waals surface area contributed by atoms with Gasteiger partial charge < -0.3 is 56.5 Å². The third kappa shape index (κ3) is 15.8. The maximum Gasteiger partial charge on any atom is 0.303 e. The molecule has 2 aliphatic rings. The van der Waals surface area contributed by atoms with Crippen LogP contribution in [-0.2, 0) is 89.9 Å². The van der Waals surface area contributed by atoms with Crippen LogP contribution in [0.4, 0.5) is 11.4 Å². The first-order chi connectivity index (χ1) is 37.9. The van der Waals surface area contributed by atoms with Crippen molar-refractivity contribution in [3.63, 3.8) is 0 Å². The highest BCUT2D eigenvalue weighted by atomic mass is 32.2. The summed E-state index contributed by atoms with van der Waals surface area (Å²) in [5, 5.41) is 8.83. The number of rotatable bonds is 32. The molecule has 446 valence electrons. The van der Waals surface area contributed by atoms with Crippen LogP contribution in [0.25, 0.3) is 21.5 Å². The van der Waals surface area contributed by atoms with E-state index in [2.05, 4.69) is 0 Å². The molecule has 1 N–H and O–H groups in total. The molecule has 81 heavy (non-hydrogen) atoms. The summed E-state index contributed by atoms with van der Waals surface area (Å²) in [5.41, 5.74) is -0.331. The van der Waals surface area contributed by atoms with Crippen LogP contribution in [-0.4, -0.2) is 172 Å². The average molecular weight is 1230 g/mol. The SMILES string of the molecule is COCCOCCOCCOCCC1(C)\C(=C/C=C/C=C/C2=[N+](CCOC)c3ccc4c(S(=O)(=O)[O-])cc(S(=O)(=O)[O-])cc4c3C2(C)CCCS(=O)(=O)[O-])N(CCCCCC(=O)O)c2ccc3c(S(=O)(=O)[O-])cc(S(=O)(=O)[O-])cc3c21. The fraction of sp³-hybridized carbons (Fsp3) is 0.462. The number of hydrogen-bond donors (Lipinski definition) is 1. The number of carbonyl (C=O) groups is 1. The van der Waals surface area contributed by atoms with E-state index >= 15 is 0 Å². The van der Waals surface area contributed by atoms with Crippen LogP contribution in [0.5, 0.6) is 0 Å². The molecule has 0 radical (unpaired) electrons. The van der Waals surface area contributed by atoms with Gasteiger partial charge in [0.2, 0.25) is 5.69 Å². The van der Waals surface area contributed by atoms with Crippen molar-refractivity contribution in [2.24, 2.45) is 0 Å². The number of nitrogens with zero attached hydrogens (tertiary/aromatic N) is 2. The predicted octanol–water partition coefficient (Wildman–Crippen LogP) is 4.44. The second kappa shape index (κ2) is 26.7. The van der Waals surface area contributed by atoms with Gasteiger partial charge in [-0.3, -0.25) is 4.79 Å². The molecule has 6 rings (SSSR count). The van der Waals surface area contributed by atoms with Crippen molar-refractivity contribution < 1.29 is 103 Å². The van der Waals surface area contributed by atoms with E-state index in [0.717, 1.165) is 12.1 Å². The topological polar surface area (TPSA) is 376 Å². The van der Waals surface area contributed by atoms with Crippen molar-refractivity contribution in [3.05, 3.63) is 95.7 Å². The molecule has 0 aromatic heterocycles.